The Balaban J connectivity index is 2.27. The minimum atomic E-state index is -0.553. The van der Waals surface area contributed by atoms with E-state index in [1.165, 1.54) is 0 Å². The average Bonchev–Trinajstić information content (AvgIpc) is 2.67. The Kier molecular flexibility index (Phi) is 2.33. The highest BCUT2D eigenvalue weighted by molar-refractivity contribution is 5.58. The van der Waals surface area contributed by atoms with Crippen molar-refractivity contribution in [2.45, 2.75) is 38.7 Å². The molecule has 0 aromatic heterocycles. The van der Waals surface area contributed by atoms with Gasteiger partial charge in [0.15, 0.2) is 0 Å². The molecule has 1 aliphatic carbocycles. The first-order valence-electron chi connectivity index (χ1n) is 4.26. The lowest BCUT2D eigenvalue weighted by molar-refractivity contribution is -0.109. The molecule has 2 heteroatoms. The fraction of sp³-hybridized carbons (Fsp3) is 0.889. The zero-order valence-corrected chi connectivity index (χ0v) is 7.21. The van der Waals surface area contributed by atoms with Gasteiger partial charge in [-0.2, -0.15) is 0 Å². The normalized spacial score (nSPS) is 34.5. The van der Waals surface area contributed by atoms with Crippen LogP contribution in [0.2, 0.25) is 0 Å². The molecule has 1 N–H and O–H groups in total. The van der Waals surface area contributed by atoms with Gasteiger partial charge < -0.3 is 9.90 Å². The topological polar surface area (TPSA) is 37.3 Å². The second kappa shape index (κ2) is 2.94. The lowest BCUT2D eigenvalue weighted by atomic mass is 9.96. The number of carbonyl (C=O) groups excluding carboxylic acids is 1. The molecular formula is C9H16O2. The summed E-state index contributed by atoms with van der Waals surface area (Å²) in [5.74, 6) is 0.704. The van der Waals surface area contributed by atoms with Gasteiger partial charge in [0, 0.05) is 5.92 Å². The number of hydrogen-bond acceptors (Lipinski definition) is 2. The average molecular weight is 156 g/mol. The first-order valence-corrected chi connectivity index (χ1v) is 4.26. The van der Waals surface area contributed by atoms with Gasteiger partial charge in [-0.3, -0.25) is 0 Å². The molecule has 0 radical (unpaired) electrons. The number of rotatable bonds is 4. The van der Waals surface area contributed by atoms with Crippen LogP contribution in [0.1, 0.15) is 33.1 Å². The van der Waals surface area contributed by atoms with Crippen molar-refractivity contribution in [3.8, 4) is 0 Å². The molecule has 0 aliphatic heterocycles. The second-order valence-electron chi connectivity index (χ2n) is 3.85. The molecule has 11 heavy (non-hydrogen) atoms. The van der Waals surface area contributed by atoms with E-state index in [9.17, 15) is 9.90 Å². The summed E-state index contributed by atoms with van der Waals surface area (Å²) >= 11 is 0. The van der Waals surface area contributed by atoms with E-state index in [0.29, 0.717) is 5.92 Å². The molecule has 0 amide bonds. The molecule has 1 fully saturated rings. The van der Waals surface area contributed by atoms with Crippen LogP contribution >= 0.6 is 0 Å². The molecule has 3 unspecified atom stereocenters. The van der Waals surface area contributed by atoms with Crippen LogP contribution in [0.15, 0.2) is 0 Å². The summed E-state index contributed by atoms with van der Waals surface area (Å²) < 4.78 is 0. The van der Waals surface area contributed by atoms with Crippen LogP contribution in [0.5, 0.6) is 0 Å². The van der Waals surface area contributed by atoms with Gasteiger partial charge in [-0.05, 0) is 32.1 Å². The second-order valence-corrected chi connectivity index (χ2v) is 3.85. The molecule has 0 spiro atoms. The Bertz CT molecular complexity index is 152. The summed E-state index contributed by atoms with van der Waals surface area (Å²) in [4.78, 5) is 10.3. The predicted molar refractivity (Wildman–Crippen MR) is 43.2 cm³/mol. The Labute approximate surface area is 67.6 Å². The van der Waals surface area contributed by atoms with Gasteiger partial charge in [0.2, 0.25) is 0 Å². The zero-order valence-electron chi connectivity index (χ0n) is 7.21. The first kappa shape index (κ1) is 8.72. The third kappa shape index (κ3) is 2.29. The Morgan fingerprint density at radius 2 is 2.36 bits per heavy atom. The quantitative estimate of drug-likeness (QED) is 0.624. The van der Waals surface area contributed by atoms with Crippen LogP contribution in [0.4, 0.5) is 0 Å². The summed E-state index contributed by atoms with van der Waals surface area (Å²) in [6, 6.07) is 0. The number of hydrogen-bond donors (Lipinski definition) is 1. The molecule has 1 saturated carbocycles. The minimum Gasteiger partial charge on any atom is -0.390 e. The molecule has 0 heterocycles. The van der Waals surface area contributed by atoms with Gasteiger partial charge in [-0.1, -0.05) is 6.92 Å². The van der Waals surface area contributed by atoms with Crippen LogP contribution in [0.3, 0.4) is 0 Å². The summed E-state index contributed by atoms with van der Waals surface area (Å²) in [7, 11) is 0. The van der Waals surface area contributed by atoms with Crippen molar-refractivity contribution in [1.29, 1.82) is 0 Å². The highest BCUT2D eigenvalue weighted by Crippen LogP contribution is 2.42. The van der Waals surface area contributed by atoms with Gasteiger partial charge >= 0.3 is 0 Å². The van der Waals surface area contributed by atoms with E-state index < -0.39 is 5.60 Å². The van der Waals surface area contributed by atoms with E-state index in [-0.39, 0.29) is 5.92 Å². The molecule has 3 atom stereocenters. The van der Waals surface area contributed by atoms with E-state index in [1.807, 2.05) is 13.8 Å². The monoisotopic (exact) mass is 156 g/mol. The lowest BCUT2D eigenvalue weighted by Crippen LogP contribution is -2.23. The van der Waals surface area contributed by atoms with E-state index in [1.54, 1.807) is 0 Å². The maximum Gasteiger partial charge on any atom is 0.123 e. The minimum absolute atomic E-state index is 0.244. The summed E-state index contributed by atoms with van der Waals surface area (Å²) in [5.41, 5.74) is -0.553. The van der Waals surface area contributed by atoms with Crippen molar-refractivity contribution < 1.29 is 9.90 Å². The molecule has 2 nitrogen and oxygen atoms in total. The van der Waals surface area contributed by atoms with E-state index in [4.69, 9.17) is 0 Å². The van der Waals surface area contributed by atoms with Gasteiger partial charge in [0.05, 0.1) is 5.60 Å². The first-order chi connectivity index (χ1) is 5.09. The van der Waals surface area contributed by atoms with Crippen LogP contribution in [0.25, 0.3) is 0 Å². The highest BCUT2D eigenvalue weighted by Gasteiger charge is 2.40. The van der Waals surface area contributed by atoms with Crippen LogP contribution in [-0.2, 0) is 4.79 Å². The zero-order chi connectivity index (χ0) is 8.48. The van der Waals surface area contributed by atoms with Gasteiger partial charge in [0.1, 0.15) is 6.29 Å². The molecule has 0 bridgehead atoms. The van der Waals surface area contributed by atoms with Gasteiger partial charge in [0.25, 0.3) is 0 Å². The summed E-state index contributed by atoms with van der Waals surface area (Å²) in [6.45, 7) is 3.81. The van der Waals surface area contributed by atoms with Crippen molar-refractivity contribution in [3.63, 3.8) is 0 Å². The van der Waals surface area contributed by atoms with E-state index in [2.05, 4.69) is 0 Å². The maximum atomic E-state index is 10.3. The Morgan fingerprint density at radius 1 is 1.73 bits per heavy atom. The van der Waals surface area contributed by atoms with Gasteiger partial charge in [-0.25, -0.2) is 0 Å². The molecule has 0 saturated heterocycles. The fourth-order valence-corrected chi connectivity index (χ4v) is 1.38. The molecule has 0 aromatic carbocycles. The molecule has 1 rings (SSSR count). The molecule has 64 valence electrons. The van der Waals surface area contributed by atoms with E-state index >= 15 is 0 Å². The fourth-order valence-electron chi connectivity index (χ4n) is 1.38. The Hall–Kier alpha value is -0.370. The van der Waals surface area contributed by atoms with Crippen molar-refractivity contribution in [2.75, 3.05) is 0 Å². The molecule has 1 aliphatic rings. The van der Waals surface area contributed by atoms with Gasteiger partial charge in [-0.15, -0.1) is 0 Å². The molecule has 0 aromatic rings. The third-order valence-corrected chi connectivity index (χ3v) is 2.62. The van der Waals surface area contributed by atoms with Crippen molar-refractivity contribution in [2.24, 2.45) is 11.8 Å². The van der Waals surface area contributed by atoms with Crippen LogP contribution in [-0.4, -0.2) is 17.0 Å². The number of aliphatic hydroxyl groups is 1. The SMILES string of the molecule is CCC(C)(O)CC1CC1C=O. The Morgan fingerprint density at radius 3 is 2.73 bits per heavy atom. The molecular weight excluding hydrogens is 140 g/mol. The highest BCUT2D eigenvalue weighted by atomic mass is 16.3. The van der Waals surface area contributed by atoms with Crippen molar-refractivity contribution in [3.05, 3.63) is 0 Å². The smallest absolute Gasteiger partial charge is 0.123 e. The van der Waals surface area contributed by atoms with Crippen molar-refractivity contribution >= 4 is 6.29 Å². The standard InChI is InChI=1S/C9H16O2/c1-3-9(2,11)5-7-4-8(7)6-10/h6-8,11H,3-5H2,1-2H3. The largest absolute Gasteiger partial charge is 0.390 e. The van der Waals surface area contributed by atoms with Crippen LogP contribution < -0.4 is 0 Å². The van der Waals surface area contributed by atoms with Crippen molar-refractivity contribution in [1.82, 2.24) is 0 Å². The predicted octanol–water partition coefficient (Wildman–Crippen LogP) is 1.37. The number of aldehydes is 1. The number of carbonyl (C=O) groups is 1. The lowest BCUT2D eigenvalue weighted by Gasteiger charge is -2.20. The summed E-state index contributed by atoms with van der Waals surface area (Å²) in [5, 5.41) is 9.63. The summed E-state index contributed by atoms with van der Waals surface area (Å²) in [6.07, 6.45) is 3.55. The van der Waals surface area contributed by atoms with E-state index in [0.717, 1.165) is 25.5 Å². The third-order valence-electron chi connectivity index (χ3n) is 2.62. The maximum absolute atomic E-state index is 10.3. The van der Waals surface area contributed by atoms with Crippen LogP contribution in [0, 0.1) is 11.8 Å².